The third kappa shape index (κ3) is 44.1. The highest BCUT2D eigenvalue weighted by molar-refractivity contribution is 7.47. The van der Waals surface area contributed by atoms with Gasteiger partial charge in [-0.3, -0.25) is 18.6 Å². The van der Waals surface area contributed by atoms with E-state index in [9.17, 15) is 19.0 Å². The Labute approximate surface area is 351 Å². The molecule has 0 saturated carbocycles. The van der Waals surface area contributed by atoms with Crippen LogP contribution in [0.4, 0.5) is 0 Å². The minimum Gasteiger partial charge on any atom is -0.462 e. The Morgan fingerprint density at radius 1 is 0.509 bits per heavy atom. The van der Waals surface area contributed by atoms with Gasteiger partial charge < -0.3 is 20.1 Å². The van der Waals surface area contributed by atoms with E-state index in [0.29, 0.717) is 12.8 Å². The molecule has 0 aliphatic rings. The van der Waals surface area contributed by atoms with Crippen molar-refractivity contribution in [3.8, 4) is 0 Å². The number of carbonyl (C=O) groups excluding carboxylic acids is 2. The van der Waals surface area contributed by atoms with Crippen LogP contribution in [0.3, 0.4) is 0 Å². The van der Waals surface area contributed by atoms with Crippen molar-refractivity contribution in [2.24, 2.45) is 5.73 Å². The van der Waals surface area contributed by atoms with E-state index in [1.165, 1.54) is 173 Å². The van der Waals surface area contributed by atoms with Crippen LogP contribution in [0.25, 0.3) is 0 Å². The van der Waals surface area contributed by atoms with Gasteiger partial charge in [0.15, 0.2) is 6.10 Å². The number of unbranched alkanes of at least 4 members (excludes halogenated alkanes) is 31. The number of ether oxygens (including phenoxy) is 2. The standard InChI is InChI=1S/C47H92NO8P/c1-3-5-7-9-11-13-15-17-19-20-21-22-23-24-26-28-30-32-34-36-38-40-47(50)56-45(44-55-57(51,52)54-42-41-48)43-53-46(49)39-37-35-33-31-29-27-25-18-16-14-12-10-8-6-4-2/h29,31,45H,3-28,30,32-44,48H2,1-2H3,(H,51,52)/b31-29+/t45-/m1/s1. The molecule has 0 heterocycles. The highest BCUT2D eigenvalue weighted by Crippen LogP contribution is 2.43. The van der Waals surface area contributed by atoms with Gasteiger partial charge in [0.05, 0.1) is 13.2 Å². The summed E-state index contributed by atoms with van der Waals surface area (Å²) in [5, 5.41) is 0. The molecule has 0 rings (SSSR count). The lowest BCUT2D eigenvalue weighted by molar-refractivity contribution is -0.161. The average Bonchev–Trinajstić information content (AvgIpc) is 3.20. The van der Waals surface area contributed by atoms with Gasteiger partial charge >= 0.3 is 19.8 Å². The molecule has 2 atom stereocenters. The second-order valence-corrected chi connectivity index (χ2v) is 17.8. The van der Waals surface area contributed by atoms with E-state index in [4.69, 9.17) is 24.3 Å². The molecular formula is C47H92NO8P. The fraction of sp³-hybridized carbons (Fsp3) is 0.915. The van der Waals surface area contributed by atoms with Gasteiger partial charge in [-0.05, 0) is 38.5 Å². The number of esters is 2. The summed E-state index contributed by atoms with van der Waals surface area (Å²) in [6.07, 6.45) is 46.8. The molecule has 0 aromatic heterocycles. The van der Waals surface area contributed by atoms with Crippen LogP contribution in [0.2, 0.25) is 0 Å². The molecule has 0 aromatic carbocycles. The van der Waals surface area contributed by atoms with Crippen molar-refractivity contribution in [2.75, 3.05) is 26.4 Å². The van der Waals surface area contributed by atoms with Crippen LogP contribution in [0, 0.1) is 0 Å². The van der Waals surface area contributed by atoms with Crippen molar-refractivity contribution < 1.29 is 37.6 Å². The maximum Gasteiger partial charge on any atom is 0.472 e. The minimum atomic E-state index is -4.38. The van der Waals surface area contributed by atoms with E-state index < -0.39 is 32.5 Å². The SMILES string of the molecule is CCCCCCCCCCC/C=C/CCCCC(=O)OC[C@H](COP(=O)(O)OCCN)OC(=O)CCCCCCCCCCCCCCCCCCCCCCC. The Kier molecular flexibility index (Phi) is 43.3. The molecule has 9 nitrogen and oxygen atoms in total. The molecule has 0 bridgehead atoms. The lowest BCUT2D eigenvalue weighted by Gasteiger charge is -2.19. The van der Waals surface area contributed by atoms with Crippen molar-refractivity contribution in [2.45, 2.75) is 251 Å². The van der Waals surface area contributed by atoms with Gasteiger partial charge in [0.25, 0.3) is 0 Å². The van der Waals surface area contributed by atoms with Crippen LogP contribution in [-0.2, 0) is 32.7 Å². The monoisotopic (exact) mass is 830 g/mol. The second-order valence-electron chi connectivity index (χ2n) is 16.3. The number of phosphoric acid groups is 1. The first-order valence-corrected chi connectivity index (χ1v) is 25.7. The highest BCUT2D eigenvalue weighted by Gasteiger charge is 2.26. The number of carbonyl (C=O) groups is 2. The Morgan fingerprint density at radius 2 is 0.860 bits per heavy atom. The summed E-state index contributed by atoms with van der Waals surface area (Å²) in [4.78, 5) is 34.9. The van der Waals surface area contributed by atoms with Crippen LogP contribution in [0.1, 0.15) is 245 Å². The first kappa shape index (κ1) is 55.8. The Balaban J connectivity index is 4.05. The lowest BCUT2D eigenvalue weighted by Crippen LogP contribution is -2.29. The predicted molar refractivity (Wildman–Crippen MR) is 238 cm³/mol. The predicted octanol–water partition coefficient (Wildman–Crippen LogP) is 14.2. The summed E-state index contributed by atoms with van der Waals surface area (Å²) in [5.74, 6) is -0.840. The molecule has 3 N–H and O–H groups in total. The Morgan fingerprint density at radius 3 is 1.28 bits per heavy atom. The van der Waals surface area contributed by atoms with Crippen molar-refractivity contribution in [1.82, 2.24) is 0 Å². The van der Waals surface area contributed by atoms with Crippen molar-refractivity contribution in [1.29, 1.82) is 0 Å². The van der Waals surface area contributed by atoms with E-state index in [2.05, 4.69) is 26.0 Å². The number of hydrogen-bond acceptors (Lipinski definition) is 8. The van der Waals surface area contributed by atoms with Crippen molar-refractivity contribution in [3.05, 3.63) is 12.2 Å². The Bertz CT molecular complexity index is 948. The van der Waals surface area contributed by atoms with Gasteiger partial charge in [0, 0.05) is 19.4 Å². The second kappa shape index (κ2) is 44.3. The van der Waals surface area contributed by atoms with Crippen LogP contribution >= 0.6 is 7.82 Å². The van der Waals surface area contributed by atoms with Gasteiger partial charge in [-0.25, -0.2) is 4.57 Å². The van der Waals surface area contributed by atoms with E-state index in [1.807, 2.05) is 0 Å². The van der Waals surface area contributed by atoms with Gasteiger partial charge in [-0.15, -0.1) is 0 Å². The van der Waals surface area contributed by atoms with E-state index >= 15 is 0 Å². The van der Waals surface area contributed by atoms with E-state index in [-0.39, 0.29) is 32.6 Å². The van der Waals surface area contributed by atoms with Gasteiger partial charge in [-0.2, -0.15) is 0 Å². The molecule has 0 aliphatic heterocycles. The number of hydrogen-bond donors (Lipinski definition) is 2. The van der Waals surface area contributed by atoms with Gasteiger partial charge in [0.1, 0.15) is 6.61 Å². The zero-order valence-electron chi connectivity index (χ0n) is 37.3. The quantitative estimate of drug-likeness (QED) is 0.0266. The molecule has 1 unspecified atom stereocenters. The lowest BCUT2D eigenvalue weighted by atomic mass is 10.0. The summed E-state index contributed by atoms with van der Waals surface area (Å²) in [5.41, 5.74) is 5.36. The fourth-order valence-electron chi connectivity index (χ4n) is 7.04. The highest BCUT2D eigenvalue weighted by atomic mass is 31.2. The summed E-state index contributed by atoms with van der Waals surface area (Å²) in [6.45, 7) is 3.76. The zero-order chi connectivity index (χ0) is 41.8. The molecular weight excluding hydrogens is 737 g/mol. The number of nitrogens with two attached hydrogens (primary N) is 1. The molecule has 0 aliphatic carbocycles. The average molecular weight is 830 g/mol. The molecule has 338 valence electrons. The maximum atomic E-state index is 12.6. The number of allylic oxidation sites excluding steroid dienone is 2. The summed E-state index contributed by atoms with van der Waals surface area (Å²) in [7, 11) is -4.38. The molecule has 0 fully saturated rings. The summed E-state index contributed by atoms with van der Waals surface area (Å²) < 4.78 is 32.8. The van der Waals surface area contributed by atoms with Gasteiger partial charge in [0.2, 0.25) is 0 Å². The van der Waals surface area contributed by atoms with Crippen LogP contribution in [0.5, 0.6) is 0 Å². The third-order valence-electron chi connectivity index (χ3n) is 10.7. The Hall–Kier alpha value is -1.25. The van der Waals surface area contributed by atoms with E-state index in [0.717, 1.165) is 32.1 Å². The van der Waals surface area contributed by atoms with E-state index in [1.54, 1.807) is 0 Å². The summed E-state index contributed by atoms with van der Waals surface area (Å²) in [6, 6.07) is 0. The molecule has 57 heavy (non-hydrogen) atoms. The molecule has 0 aromatic rings. The first-order chi connectivity index (χ1) is 27.8. The third-order valence-corrected chi connectivity index (χ3v) is 11.6. The molecule has 10 heteroatoms. The maximum absolute atomic E-state index is 12.6. The first-order valence-electron chi connectivity index (χ1n) is 24.2. The minimum absolute atomic E-state index is 0.0541. The molecule has 0 spiro atoms. The normalized spacial score (nSPS) is 13.3. The summed E-state index contributed by atoms with van der Waals surface area (Å²) >= 11 is 0. The molecule has 0 radical (unpaired) electrons. The van der Waals surface area contributed by atoms with Crippen LogP contribution in [-0.4, -0.2) is 49.3 Å². The molecule has 0 saturated heterocycles. The van der Waals surface area contributed by atoms with Crippen molar-refractivity contribution >= 4 is 19.8 Å². The number of phosphoric ester groups is 1. The molecule has 0 amide bonds. The van der Waals surface area contributed by atoms with Crippen LogP contribution in [0.15, 0.2) is 12.2 Å². The smallest absolute Gasteiger partial charge is 0.462 e. The number of rotatable bonds is 46. The fourth-order valence-corrected chi connectivity index (χ4v) is 7.81. The van der Waals surface area contributed by atoms with Gasteiger partial charge in [-0.1, -0.05) is 206 Å². The van der Waals surface area contributed by atoms with Crippen molar-refractivity contribution in [3.63, 3.8) is 0 Å². The zero-order valence-corrected chi connectivity index (χ0v) is 38.2. The largest absolute Gasteiger partial charge is 0.472 e. The van der Waals surface area contributed by atoms with Crippen LogP contribution < -0.4 is 5.73 Å². The topological polar surface area (TPSA) is 134 Å².